The van der Waals surface area contributed by atoms with Gasteiger partial charge in [0.2, 0.25) is 0 Å². The summed E-state index contributed by atoms with van der Waals surface area (Å²) in [6.45, 7) is 1.95. The first kappa shape index (κ1) is 15.7. The van der Waals surface area contributed by atoms with Crippen LogP contribution in [0.25, 0.3) is 21.9 Å². The molecule has 1 amide bonds. The SMILES string of the molecule is C[C@H](NC(=O)COc1ccc2oc3ccccc3c2c1)c1cccs1. The van der Waals surface area contributed by atoms with E-state index >= 15 is 0 Å². The summed E-state index contributed by atoms with van der Waals surface area (Å²) in [5.41, 5.74) is 1.65. The monoisotopic (exact) mass is 351 g/mol. The molecule has 0 saturated carbocycles. The highest BCUT2D eigenvalue weighted by molar-refractivity contribution is 7.10. The number of fused-ring (bicyclic) bond motifs is 3. The average molecular weight is 351 g/mol. The van der Waals surface area contributed by atoms with Crippen molar-refractivity contribution in [3.63, 3.8) is 0 Å². The van der Waals surface area contributed by atoms with Gasteiger partial charge in [-0.25, -0.2) is 0 Å². The van der Waals surface area contributed by atoms with Crippen molar-refractivity contribution in [1.82, 2.24) is 5.32 Å². The smallest absolute Gasteiger partial charge is 0.258 e. The van der Waals surface area contributed by atoms with Crippen LogP contribution >= 0.6 is 11.3 Å². The van der Waals surface area contributed by atoms with E-state index in [1.807, 2.05) is 66.9 Å². The molecule has 4 rings (SSSR count). The van der Waals surface area contributed by atoms with Crippen molar-refractivity contribution in [2.45, 2.75) is 13.0 Å². The topological polar surface area (TPSA) is 51.5 Å². The number of benzene rings is 2. The van der Waals surface area contributed by atoms with Crippen molar-refractivity contribution in [3.8, 4) is 5.75 Å². The molecule has 2 heterocycles. The molecule has 4 aromatic rings. The van der Waals surface area contributed by atoms with Gasteiger partial charge >= 0.3 is 0 Å². The molecule has 0 bridgehead atoms. The minimum absolute atomic E-state index is 0.0169. The fourth-order valence-electron chi connectivity index (χ4n) is 2.84. The molecule has 0 saturated heterocycles. The molecule has 0 spiro atoms. The van der Waals surface area contributed by atoms with Gasteiger partial charge in [0.15, 0.2) is 6.61 Å². The van der Waals surface area contributed by atoms with Gasteiger partial charge in [0.1, 0.15) is 16.9 Å². The van der Waals surface area contributed by atoms with Crippen molar-refractivity contribution in [3.05, 3.63) is 64.9 Å². The lowest BCUT2D eigenvalue weighted by Gasteiger charge is -2.12. The zero-order valence-electron chi connectivity index (χ0n) is 13.7. The lowest BCUT2D eigenvalue weighted by Crippen LogP contribution is -2.30. The highest BCUT2D eigenvalue weighted by Gasteiger charge is 2.12. The summed E-state index contributed by atoms with van der Waals surface area (Å²) in [6.07, 6.45) is 0. The van der Waals surface area contributed by atoms with Crippen LogP contribution in [0.2, 0.25) is 0 Å². The van der Waals surface area contributed by atoms with Crippen LogP contribution < -0.4 is 10.1 Å². The lowest BCUT2D eigenvalue weighted by atomic mass is 10.1. The fraction of sp³-hybridized carbons (Fsp3) is 0.150. The molecular weight excluding hydrogens is 334 g/mol. The molecule has 0 aliphatic carbocycles. The lowest BCUT2D eigenvalue weighted by molar-refractivity contribution is -0.123. The van der Waals surface area contributed by atoms with Gasteiger partial charge in [0.05, 0.1) is 6.04 Å². The molecule has 0 aliphatic rings. The normalized spacial score (nSPS) is 12.4. The Bertz CT molecular complexity index is 1020. The quantitative estimate of drug-likeness (QED) is 0.556. The first-order valence-corrected chi connectivity index (χ1v) is 8.95. The Morgan fingerprint density at radius 3 is 2.80 bits per heavy atom. The molecule has 0 radical (unpaired) electrons. The summed E-state index contributed by atoms with van der Waals surface area (Å²) >= 11 is 1.63. The third kappa shape index (κ3) is 3.23. The number of nitrogens with one attached hydrogen (secondary N) is 1. The summed E-state index contributed by atoms with van der Waals surface area (Å²) in [6, 6.07) is 17.4. The Balaban J connectivity index is 1.45. The number of ether oxygens (including phenoxy) is 1. The van der Waals surface area contributed by atoms with Crippen LogP contribution in [0.5, 0.6) is 5.75 Å². The van der Waals surface area contributed by atoms with Crippen LogP contribution in [0.3, 0.4) is 0 Å². The van der Waals surface area contributed by atoms with E-state index in [9.17, 15) is 4.79 Å². The third-order valence-electron chi connectivity index (χ3n) is 4.07. The molecule has 25 heavy (non-hydrogen) atoms. The van der Waals surface area contributed by atoms with E-state index in [4.69, 9.17) is 9.15 Å². The first-order chi connectivity index (χ1) is 12.2. The zero-order chi connectivity index (χ0) is 17.2. The van der Waals surface area contributed by atoms with Crippen LogP contribution in [0, 0.1) is 0 Å². The van der Waals surface area contributed by atoms with E-state index in [1.54, 1.807) is 11.3 Å². The maximum atomic E-state index is 12.1. The van der Waals surface area contributed by atoms with Gasteiger partial charge in [-0.1, -0.05) is 24.3 Å². The molecule has 0 aliphatic heterocycles. The summed E-state index contributed by atoms with van der Waals surface area (Å²) in [4.78, 5) is 13.2. The van der Waals surface area contributed by atoms with Crippen molar-refractivity contribution < 1.29 is 13.9 Å². The first-order valence-electron chi connectivity index (χ1n) is 8.07. The second-order valence-corrected chi connectivity index (χ2v) is 6.83. The zero-order valence-corrected chi connectivity index (χ0v) is 14.5. The van der Waals surface area contributed by atoms with Gasteiger partial charge in [-0.3, -0.25) is 4.79 Å². The number of furan rings is 1. The maximum absolute atomic E-state index is 12.1. The molecule has 1 N–H and O–H groups in total. The predicted molar refractivity (Wildman–Crippen MR) is 100 cm³/mol. The van der Waals surface area contributed by atoms with Crippen LogP contribution in [0.1, 0.15) is 17.8 Å². The predicted octanol–water partition coefficient (Wildman–Crippen LogP) is 4.90. The molecule has 2 aromatic heterocycles. The number of para-hydroxylation sites is 1. The van der Waals surface area contributed by atoms with Crippen molar-refractivity contribution >= 4 is 39.2 Å². The molecule has 5 heteroatoms. The van der Waals surface area contributed by atoms with Gasteiger partial charge < -0.3 is 14.5 Å². The van der Waals surface area contributed by atoms with E-state index in [1.165, 1.54) is 0 Å². The largest absolute Gasteiger partial charge is 0.484 e. The van der Waals surface area contributed by atoms with Crippen molar-refractivity contribution in [2.24, 2.45) is 0 Å². The standard InChI is InChI=1S/C20H17NO3S/c1-13(19-7-4-10-25-19)21-20(22)12-23-14-8-9-18-16(11-14)15-5-2-3-6-17(15)24-18/h2-11,13H,12H2,1H3,(H,21,22)/t13-/m0/s1. The molecule has 0 fully saturated rings. The van der Waals surface area contributed by atoms with Gasteiger partial charge in [0, 0.05) is 15.6 Å². The van der Waals surface area contributed by atoms with E-state index in [2.05, 4.69) is 5.32 Å². The van der Waals surface area contributed by atoms with Crippen LogP contribution in [-0.4, -0.2) is 12.5 Å². The van der Waals surface area contributed by atoms with E-state index < -0.39 is 0 Å². The Kier molecular flexibility index (Phi) is 4.15. The molecule has 2 aromatic carbocycles. The van der Waals surface area contributed by atoms with E-state index in [0.29, 0.717) is 5.75 Å². The van der Waals surface area contributed by atoms with Crippen LogP contribution in [-0.2, 0) is 4.79 Å². The number of thiophene rings is 1. The number of hydrogen-bond donors (Lipinski definition) is 1. The maximum Gasteiger partial charge on any atom is 0.258 e. The van der Waals surface area contributed by atoms with Gasteiger partial charge in [0.25, 0.3) is 5.91 Å². The van der Waals surface area contributed by atoms with E-state index in [0.717, 1.165) is 26.8 Å². The van der Waals surface area contributed by atoms with Crippen molar-refractivity contribution in [2.75, 3.05) is 6.61 Å². The van der Waals surface area contributed by atoms with Gasteiger partial charge in [-0.15, -0.1) is 11.3 Å². The molecular formula is C20H17NO3S. The fourth-order valence-corrected chi connectivity index (χ4v) is 3.57. The number of rotatable bonds is 5. The van der Waals surface area contributed by atoms with Crippen LogP contribution in [0.4, 0.5) is 0 Å². The summed E-state index contributed by atoms with van der Waals surface area (Å²) in [5.74, 6) is 0.510. The Morgan fingerprint density at radius 2 is 1.96 bits per heavy atom. The average Bonchev–Trinajstić information content (AvgIpc) is 3.27. The second-order valence-electron chi connectivity index (χ2n) is 5.85. The summed E-state index contributed by atoms with van der Waals surface area (Å²) < 4.78 is 11.5. The molecule has 0 unspecified atom stereocenters. The van der Waals surface area contributed by atoms with E-state index in [-0.39, 0.29) is 18.6 Å². The van der Waals surface area contributed by atoms with Crippen LogP contribution in [0.15, 0.2) is 64.4 Å². The molecule has 4 nitrogen and oxygen atoms in total. The summed E-state index contributed by atoms with van der Waals surface area (Å²) in [7, 11) is 0. The highest BCUT2D eigenvalue weighted by Crippen LogP contribution is 2.31. The number of amides is 1. The molecule has 1 atom stereocenters. The van der Waals surface area contributed by atoms with Gasteiger partial charge in [-0.2, -0.15) is 0 Å². The van der Waals surface area contributed by atoms with Gasteiger partial charge in [-0.05, 0) is 42.6 Å². The minimum Gasteiger partial charge on any atom is -0.484 e. The number of carbonyl (C=O) groups is 1. The Morgan fingerprint density at radius 1 is 1.12 bits per heavy atom. The molecule has 126 valence electrons. The second kappa shape index (κ2) is 6.61. The minimum atomic E-state index is -0.141. The van der Waals surface area contributed by atoms with Crippen molar-refractivity contribution in [1.29, 1.82) is 0 Å². The Labute approximate surface area is 149 Å². The number of carbonyl (C=O) groups excluding carboxylic acids is 1. The number of hydrogen-bond acceptors (Lipinski definition) is 4. The Hall–Kier alpha value is -2.79. The summed E-state index contributed by atoms with van der Waals surface area (Å²) in [5, 5.41) is 6.97. The highest BCUT2D eigenvalue weighted by atomic mass is 32.1. The third-order valence-corrected chi connectivity index (χ3v) is 5.12.